The van der Waals surface area contributed by atoms with Crippen LogP contribution in [0, 0.1) is 12.3 Å². The van der Waals surface area contributed by atoms with Crippen LogP contribution in [0.1, 0.15) is 30.7 Å². The van der Waals surface area contributed by atoms with Crippen molar-refractivity contribution in [1.82, 2.24) is 15.0 Å². The second-order valence-electron chi connectivity index (χ2n) is 7.23. The number of fused-ring (bicyclic) bond motifs is 1. The molecule has 2 fully saturated rings. The molecule has 2 aliphatic rings. The van der Waals surface area contributed by atoms with Crippen molar-refractivity contribution in [2.75, 3.05) is 26.3 Å². The molecule has 2 aromatic heterocycles. The number of ether oxygens (including phenoxy) is 2. The number of aryl methyl sites for hydroxylation is 1. The van der Waals surface area contributed by atoms with Crippen LogP contribution in [0.3, 0.4) is 0 Å². The van der Waals surface area contributed by atoms with E-state index in [4.69, 9.17) is 14.0 Å². The van der Waals surface area contributed by atoms with Gasteiger partial charge >= 0.3 is 0 Å². The number of nitrogens with zero attached hydrogens (tertiary/aromatic N) is 3. The molecule has 4 heterocycles. The van der Waals surface area contributed by atoms with Crippen LogP contribution in [0.15, 0.2) is 35.1 Å². The van der Waals surface area contributed by atoms with E-state index in [-0.39, 0.29) is 11.5 Å². The van der Waals surface area contributed by atoms with Crippen LogP contribution in [0.4, 0.5) is 0 Å². The minimum Gasteiger partial charge on any atom is -0.491 e. The summed E-state index contributed by atoms with van der Waals surface area (Å²) in [6.07, 6.45) is 7.06. The number of pyridine rings is 1. The van der Waals surface area contributed by atoms with Crippen LogP contribution >= 0.6 is 0 Å². The van der Waals surface area contributed by atoms with E-state index < -0.39 is 0 Å². The van der Waals surface area contributed by atoms with Crippen LogP contribution in [0.25, 0.3) is 0 Å². The molecule has 0 amide bonds. The van der Waals surface area contributed by atoms with Crippen LogP contribution in [0.2, 0.25) is 0 Å². The van der Waals surface area contributed by atoms with Gasteiger partial charge in [-0.1, -0.05) is 5.16 Å². The van der Waals surface area contributed by atoms with Gasteiger partial charge in [-0.05, 0) is 38.3 Å². The summed E-state index contributed by atoms with van der Waals surface area (Å²) >= 11 is 0. The fraction of sp³-hybridized carbons (Fsp3) is 0.579. The van der Waals surface area contributed by atoms with Gasteiger partial charge in [0, 0.05) is 43.9 Å². The Balaban J connectivity index is 1.46. The summed E-state index contributed by atoms with van der Waals surface area (Å²) in [6.45, 7) is 6.26. The lowest BCUT2D eigenvalue weighted by Gasteiger charge is -2.50. The zero-order chi connectivity index (χ0) is 17.1. The van der Waals surface area contributed by atoms with Gasteiger partial charge in [-0.3, -0.25) is 9.88 Å². The highest BCUT2D eigenvalue weighted by molar-refractivity contribution is 5.16. The largest absolute Gasteiger partial charge is 0.491 e. The van der Waals surface area contributed by atoms with E-state index >= 15 is 0 Å². The summed E-state index contributed by atoms with van der Waals surface area (Å²) in [5.41, 5.74) is 1.03. The van der Waals surface area contributed by atoms with Gasteiger partial charge in [0.2, 0.25) is 0 Å². The maximum Gasteiger partial charge on any atom is 0.137 e. The molecule has 6 nitrogen and oxygen atoms in total. The summed E-state index contributed by atoms with van der Waals surface area (Å²) < 4.78 is 17.4. The third-order valence-electron chi connectivity index (χ3n) is 5.29. The van der Waals surface area contributed by atoms with E-state index in [1.54, 1.807) is 12.4 Å². The Morgan fingerprint density at radius 1 is 1.44 bits per heavy atom. The van der Waals surface area contributed by atoms with Gasteiger partial charge in [-0.15, -0.1) is 0 Å². The van der Waals surface area contributed by atoms with Crippen molar-refractivity contribution in [3.05, 3.63) is 42.0 Å². The first-order valence-electron chi connectivity index (χ1n) is 9.03. The molecule has 0 saturated carbocycles. The van der Waals surface area contributed by atoms with Crippen LogP contribution in [-0.2, 0) is 11.3 Å². The Morgan fingerprint density at radius 2 is 2.40 bits per heavy atom. The van der Waals surface area contributed by atoms with Gasteiger partial charge in [0.15, 0.2) is 0 Å². The Hall–Kier alpha value is -1.92. The summed E-state index contributed by atoms with van der Waals surface area (Å²) in [5, 5.41) is 4.14. The molecule has 0 bridgehead atoms. The molecule has 0 N–H and O–H groups in total. The van der Waals surface area contributed by atoms with Gasteiger partial charge in [0.1, 0.15) is 11.5 Å². The molecule has 2 atom stereocenters. The molecule has 0 spiro atoms. The van der Waals surface area contributed by atoms with Crippen molar-refractivity contribution in [3.8, 4) is 5.75 Å². The van der Waals surface area contributed by atoms with E-state index in [2.05, 4.69) is 15.0 Å². The smallest absolute Gasteiger partial charge is 0.137 e. The number of piperidine rings is 1. The van der Waals surface area contributed by atoms with Crippen LogP contribution in [-0.4, -0.2) is 47.4 Å². The van der Waals surface area contributed by atoms with E-state index in [1.807, 2.05) is 25.1 Å². The Morgan fingerprint density at radius 3 is 3.20 bits per heavy atom. The fourth-order valence-corrected chi connectivity index (χ4v) is 4.11. The molecular weight excluding hydrogens is 318 g/mol. The number of hydrogen-bond donors (Lipinski definition) is 0. The van der Waals surface area contributed by atoms with Crippen molar-refractivity contribution >= 4 is 0 Å². The van der Waals surface area contributed by atoms with Gasteiger partial charge in [0.25, 0.3) is 0 Å². The standard InChI is InChI=1S/C19H25N3O3/c1-15-10-16(21-25-15)12-22-8-5-18-19(13-22,6-3-9-23-18)14-24-17-4-2-7-20-11-17/h2,4,7,10-11,18H,3,5-6,8-9,12-14H2,1H3/t18-,19+/m0/s1. The van der Waals surface area contributed by atoms with Crippen molar-refractivity contribution < 1.29 is 14.0 Å². The van der Waals surface area contributed by atoms with Gasteiger partial charge in [0.05, 0.1) is 24.6 Å². The first kappa shape index (κ1) is 16.5. The quantitative estimate of drug-likeness (QED) is 0.832. The van der Waals surface area contributed by atoms with E-state index in [0.29, 0.717) is 6.61 Å². The van der Waals surface area contributed by atoms with Gasteiger partial charge in [-0.2, -0.15) is 0 Å². The first-order chi connectivity index (χ1) is 12.2. The van der Waals surface area contributed by atoms with Crippen LogP contribution in [0.5, 0.6) is 5.75 Å². The third kappa shape index (κ3) is 3.70. The molecule has 2 aromatic rings. The summed E-state index contributed by atoms with van der Waals surface area (Å²) in [5.74, 6) is 1.69. The first-order valence-corrected chi connectivity index (χ1v) is 9.03. The molecule has 6 heteroatoms. The predicted octanol–water partition coefficient (Wildman–Crippen LogP) is 2.83. The van der Waals surface area contributed by atoms with Crippen molar-refractivity contribution in [1.29, 1.82) is 0 Å². The summed E-state index contributed by atoms with van der Waals surface area (Å²) in [6, 6.07) is 5.88. The zero-order valence-corrected chi connectivity index (χ0v) is 14.7. The van der Waals surface area contributed by atoms with Crippen molar-refractivity contribution in [2.45, 2.75) is 38.8 Å². The molecule has 4 rings (SSSR count). The summed E-state index contributed by atoms with van der Waals surface area (Å²) in [4.78, 5) is 6.59. The SMILES string of the molecule is Cc1cc(CN2CC[C@@H]3OCCC[C@]3(COc3cccnc3)C2)no1. The molecule has 25 heavy (non-hydrogen) atoms. The molecule has 0 aliphatic carbocycles. The van der Waals surface area contributed by atoms with E-state index in [0.717, 1.165) is 62.7 Å². The predicted molar refractivity (Wildman–Crippen MR) is 92.3 cm³/mol. The fourth-order valence-electron chi connectivity index (χ4n) is 4.11. The molecule has 0 radical (unpaired) electrons. The number of aromatic nitrogens is 2. The molecule has 0 unspecified atom stereocenters. The molecule has 2 aliphatic heterocycles. The Bertz CT molecular complexity index is 690. The van der Waals surface area contributed by atoms with Gasteiger partial charge < -0.3 is 14.0 Å². The second kappa shape index (κ2) is 7.14. The number of likely N-dealkylation sites (tertiary alicyclic amines) is 1. The maximum absolute atomic E-state index is 6.12. The normalized spacial score (nSPS) is 27.0. The number of rotatable bonds is 5. The Labute approximate surface area is 148 Å². The van der Waals surface area contributed by atoms with Gasteiger partial charge in [-0.25, -0.2) is 0 Å². The lowest BCUT2D eigenvalue weighted by Crippen LogP contribution is -2.57. The lowest BCUT2D eigenvalue weighted by molar-refractivity contribution is -0.141. The zero-order valence-electron chi connectivity index (χ0n) is 14.7. The Kier molecular flexibility index (Phi) is 4.72. The number of hydrogen-bond acceptors (Lipinski definition) is 6. The van der Waals surface area contributed by atoms with Crippen LogP contribution < -0.4 is 4.74 Å². The summed E-state index contributed by atoms with van der Waals surface area (Å²) in [7, 11) is 0. The highest BCUT2D eigenvalue weighted by atomic mass is 16.5. The lowest BCUT2D eigenvalue weighted by atomic mass is 9.73. The average Bonchev–Trinajstić information content (AvgIpc) is 3.05. The van der Waals surface area contributed by atoms with E-state index in [9.17, 15) is 0 Å². The average molecular weight is 343 g/mol. The highest BCUT2D eigenvalue weighted by Crippen LogP contribution is 2.41. The molecule has 2 saturated heterocycles. The molecular formula is C19H25N3O3. The van der Waals surface area contributed by atoms with E-state index in [1.165, 1.54) is 0 Å². The third-order valence-corrected chi connectivity index (χ3v) is 5.29. The molecule has 0 aromatic carbocycles. The molecule has 134 valence electrons. The minimum absolute atomic E-state index is 0.0329. The monoisotopic (exact) mass is 343 g/mol. The highest BCUT2D eigenvalue weighted by Gasteiger charge is 2.46. The second-order valence-corrected chi connectivity index (χ2v) is 7.23. The minimum atomic E-state index is 0.0329. The van der Waals surface area contributed by atoms with Crippen molar-refractivity contribution in [3.63, 3.8) is 0 Å². The van der Waals surface area contributed by atoms with Crippen molar-refractivity contribution in [2.24, 2.45) is 5.41 Å². The maximum atomic E-state index is 6.12. The topological polar surface area (TPSA) is 60.6 Å².